The number of fused-ring (bicyclic) bond motifs is 2. The van der Waals surface area contributed by atoms with Gasteiger partial charge in [-0.1, -0.05) is 70.8 Å². The van der Waals surface area contributed by atoms with Gasteiger partial charge in [0, 0.05) is 53.4 Å². The molecule has 0 saturated heterocycles. The monoisotopic (exact) mass is 800 g/mol. The van der Waals surface area contributed by atoms with E-state index in [1.807, 2.05) is 48.0 Å². The number of imidazole rings is 1. The third-order valence-corrected chi connectivity index (χ3v) is 12.9. The highest BCUT2D eigenvalue weighted by Gasteiger charge is 2.23. The quantitative estimate of drug-likeness (QED) is 0.0556. The van der Waals surface area contributed by atoms with E-state index in [2.05, 4.69) is 78.7 Å². The summed E-state index contributed by atoms with van der Waals surface area (Å²) in [7, 11) is -0.951. The second-order valence-corrected chi connectivity index (χ2v) is 27.8. The summed E-state index contributed by atoms with van der Waals surface area (Å²) in [5.41, 5.74) is 5.83. The number of nitrogens with zero attached hydrogens (tertiary/aromatic N) is 4. The van der Waals surface area contributed by atoms with E-state index in [-0.39, 0.29) is 12.6 Å². The van der Waals surface area contributed by atoms with Crippen LogP contribution >= 0.6 is 0 Å². The topological polar surface area (TPSA) is 131 Å². The van der Waals surface area contributed by atoms with Crippen LogP contribution in [0.15, 0.2) is 60.7 Å². The average molecular weight is 801 g/mol. The van der Waals surface area contributed by atoms with E-state index < -0.39 is 22.2 Å². The molecule has 12 nitrogen and oxygen atoms in total. The Hall–Kier alpha value is -4.51. The van der Waals surface area contributed by atoms with E-state index in [9.17, 15) is 9.59 Å². The molecule has 56 heavy (non-hydrogen) atoms. The number of amides is 2. The minimum Gasteiger partial charge on any atom is -0.497 e. The first kappa shape index (κ1) is 42.6. The van der Waals surface area contributed by atoms with Crippen LogP contribution in [0.2, 0.25) is 51.4 Å². The first-order valence-corrected chi connectivity index (χ1v) is 27.2. The van der Waals surface area contributed by atoms with Crippen LogP contribution < -0.4 is 15.4 Å². The summed E-state index contributed by atoms with van der Waals surface area (Å²) in [5, 5.41) is 11.6. The molecule has 2 aromatic heterocycles. The van der Waals surface area contributed by atoms with Crippen molar-refractivity contribution in [2.45, 2.75) is 91.0 Å². The lowest BCUT2D eigenvalue weighted by molar-refractivity contribution is 0.0816. The van der Waals surface area contributed by atoms with Crippen LogP contribution in [0, 0.1) is 0 Å². The summed E-state index contributed by atoms with van der Waals surface area (Å²) >= 11 is 0. The van der Waals surface area contributed by atoms with Gasteiger partial charge in [0.15, 0.2) is 5.82 Å². The zero-order valence-electron chi connectivity index (χ0n) is 34.5. The van der Waals surface area contributed by atoms with Crippen molar-refractivity contribution in [2.24, 2.45) is 0 Å². The van der Waals surface area contributed by atoms with Gasteiger partial charge in [0.05, 0.1) is 30.3 Å². The van der Waals surface area contributed by atoms with Gasteiger partial charge in [0.2, 0.25) is 0 Å². The number of alkyl carbamates (subject to hydrolysis) is 1. The fourth-order valence-corrected chi connectivity index (χ4v) is 7.50. The van der Waals surface area contributed by atoms with Crippen LogP contribution in [0.25, 0.3) is 44.6 Å². The number of carbonyl (C=O) groups is 2. The van der Waals surface area contributed by atoms with Crippen molar-refractivity contribution in [3.63, 3.8) is 0 Å². The number of unbranched alkanes of at least 4 members (excludes halogenated alkanes) is 1. The second kappa shape index (κ2) is 19.6. The van der Waals surface area contributed by atoms with Crippen molar-refractivity contribution in [3.8, 4) is 28.4 Å². The number of methoxy groups -OCH3 is 1. The predicted molar refractivity (Wildman–Crippen MR) is 230 cm³/mol. The SMILES string of the molecule is CCCCOC(=O)NCCCNC(=O)c1ccc2c(c1)c(-c1nc3ccc(-c4ccc(OC)cc4)cc3n1COCC[Si](C)(C)C)nn2COCC[Si](C)(C)C. The predicted octanol–water partition coefficient (Wildman–Crippen LogP) is 9.00. The van der Waals surface area contributed by atoms with Crippen LogP contribution in [0.1, 0.15) is 36.5 Å². The fraction of sp³-hybridized carbons (Fsp3) is 0.476. The maximum atomic E-state index is 13.5. The van der Waals surface area contributed by atoms with E-state index in [1.165, 1.54) is 0 Å². The Balaban J connectivity index is 1.48. The molecule has 0 unspecified atom stereocenters. The first-order chi connectivity index (χ1) is 26.8. The number of benzene rings is 3. The van der Waals surface area contributed by atoms with Gasteiger partial charge in [0.25, 0.3) is 5.91 Å². The summed E-state index contributed by atoms with van der Waals surface area (Å²) in [4.78, 5) is 30.5. The molecule has 2 heterocycles. The summed E-state index contributed by atoms with van der Waals surface area (Å²) in [6.45, 7) is 19.1. The van der Waals surface area contributed by atoms with Gasteiger partial charge in [-0.2, -0.15) is 5.10 Å². The normalized spacial score (nSPS) is 12.0. The average Bonchev–Trinajstić information content (AvgIpc) is 3.71. The lowest BCUT2D eigenvalue weighted by Gasteiger charge is -2.16. The van der Waals surface area contributed by atoms with Crippen LogP contribution in [-0.4, -0.2) is 87.5 Å². The standard InChI is InChI=1S/C42H60N6O6Si2/c1-9-10-22-54-42(50)44-21-11-20-43-41(49)33-15-19-37-35(27-33)39(46-48(37)30-53-24-26-56(6,7)8)40-45-36-18-14-32(31-12-16-34(51-2)17-13-31)28-38(36)47(40)29-52-23-25-55(3,4)5/h12-19,27-28H,9-11,20-26,29-30H2,1-8H3,(H,43,49)(H,44,50). The van der Waals surface area contributed by atoms with E-state index in [0.29, 0.717) is 63.1 Å². The van der Waals surface area contributed by atoms with Gasteiger partial charge in [0.1, 0.15) is 24.9 Å². The smallest absolute Gasteiger partial charge is 0.407 e. The molecule has 0 aliphatic carbocycles. The summed E-state index contributed by atoms with van der Waals surface area (Å²) < 4.78 is 27.1. The highest BCUT2D eigenvalue weighted by atomic mass is 28.3. The molecule has 0 atom stereocenters. The van der Waals surface area contributed by atoms with Crippen molar-refractivity contribution in [3.05, 3.63) is 66.2 Å². The summed E-state index contributed by atoms with van der Waals surface area (Å²) in [6.07, 6.45) is 1.92. The zero-order valence-corrected chi connectivity index (χ0v) is 36.5. The summed E-state index contributed by atoms with van der Waals surface area (Å²) in [6, 6.07) is 22.0. The minimum absolute atomic E-state index is 0.213. The lowest BCUT2D eigenvalue weighted by Crippen LogP contribution is -2.30. The minimum atomic E-state index is -1.32. The number of nitrogens with one attached hydrogen (secondary N) is 2. The highest BCUT2D eigenvalue weighted by Crippen LogP contribution is 2.34. The molecule has 0 fully saturated rings. The maximum absolute atomic E-state index is 13.5. The van der Waals surface area contributed by atoms with Crippen LogP contribution in [0.5, 0.6) is 5.75 Å². The fourth-order valence-electron chi connectivity index (χ4n) is 5.99. The third-order valence-electron chi connectivity index (χ3n) is 9.46. The maximum Gasteiger partial charge on any atom is 0.407 e. The molecule has 14 heteroatoms. The number of hydrogen-bond acceptors (Lipinski definition) is 8. The van der Waals surface area contributed by atoms with Gasteiger partial charge >= 0.3 is 6.09 Å². The molecule has 2 amide bonds. The largest absolute Gasteiger partial charge is 0.497 e. The van der Waals surface area contributed by atoms with Crippen LogP contribution in [-0.2, 0) is 27.7 Å². The third kappa shape index (κ3) is 12.0. The van der Waals surface area contributed by atoms with Crippen molar-refractivity contribution in [2.75, 3.05) is 40.0 Å². The number of carbonyl (C=O) groups excluding carboxylic acids is 2. The molecule has 0 saturated carbocycles. The molecule has 0 radical (unpaired) electrons. The molecule has 0 bridgehead atoms. The Labute approximate surface area is 333 Å². The Morgan fingerprint density at radius 2 is 1.43 bits per heavy atom. The Morgan fingerprint density at radius 3 is 2.11 bits per heavy atom. The Morgan fingerprint density at radius 1 is 0.750 bits per heavy atom. The molecule has 5 rings (SSSR count). The van der Waals surface area contributed by atoms with Gasteiger partial charge in [-0.15, -0.1) is 0 Å². The number of ether oxygens (including phenoxy) is 4. The van der Waals surface area contributed by atoms with E-state index in [1.54, 1.807) is 7.11 Å². The number of aromatic nitrogens is 4. The second-order valence-electron chi connectivity index (χ2n) is 16.6. The molecule has 0 spiro atoms. The van der Waals surface area contributed by atoms with Crippen LogP contribution in [0.4, 0.5) is 4.79 Å². The van der Waals surface area contributed by atoms with E-state index in [4.69, 9.17) is 29.0 Å². The van der Waals surface area contributed by atoms with Gasteiger partial charge in [-0.3, -0.25) is 9.36 Å². The molecule has 0 aliphatic rings. The van der Waals surface area contributed by atoms with Gasteiger partial charge in [-0.25, -0.2) is 14.5 Å². The van der Waals surface area contributed by atoms with Gasteiger partial charge in [-0.05, 0) is 78.5 Å². The van der Waals surface area contributed by atoms with Crippen molar-refractivity contribution >= 4 is 50.1 Å². The number of rotatable bonds is 21. The molecular weight excluding hydrogens is 741 g/mol. The Bertz CT molecular complexity index is 2070. The molecule has 3 aromatic carbocycles. The molecule has 5 aromatic rings. The molecule has 0 aliphatic heterocycles. The zero-order chi connectivity index (χ0) is 40.3. The van der Waals surface area contributed by atoms with E-state index >= 15 is 0 Å². The molecule has 302 valence electrons. The first-order valence-electron chi connectivity index (χ1n) is 19.8. The van der Waals surface area contributed by atoms with Crippen molar-refractivity contribution in [1.82, 2.24) is 30.0 Å². The van der Waals surface area contributed by atoms with E-state index in [0.717, 1.165) is 63.7 Å². The van der Waals surface area contributed by atoms with Gasteiger partial charge < -0.3 is 29.6 Å². The number of hydrogen-bond donors (Lipinski definition) is 2. The lowest BCUT2D eigenvalue weighted by atomic mass is 10.1. The highest BCUT2D eigenvalue weighted by molar-refractivity contribution is 6.76. The van der Waals surface area contributed by atoms with Crippen LogP contribution in [0.3, 0.4) is 0 Å². The Kier molecular flexibility index (Phi) is 14.9. The molecular formula is C42H60N6O6Si2. The van der Waals surface area contributed by atoms with Crippen molar-refractivity contribution < 1.29 is 28.5 Å². The van der Waals surface area contributed by atoms with Crippen molar-refractivity contribution in [1.29, 1.82) is 0 Å². The molecule has 2 N–H and O–H groups in total. The summed E-state index contributed by atoms with van der Waals surface area (Å²) in [5.74, 6) is 1.24.